The van der Waals surface area contributed by atoms with Crippen molar-refractivity contribution in [2.75, 3.05) is 26.6 Å². The zero-order chi connectivity index (χ0) is 23.4. The van der Waals surface area contributed by atoms with Gasteiger partial charge in [0.2, 0.25) is 5.89 Å². The number of carbonyl (C=O) groups is 1. The number of halogens is 1. The molecule has 0 bridgehead atoms. The van der Waals surface area contributed by atoms with E-state index < -0.39 is 0 Å². The first-order valence-corrected chi connectivity index (χ1v) is 10.3. The number of methoxy groups -OCH3 is 3. The number of rotatable bonds is 7. The van der Waals surface area contributed by atoms with Crippen molar-refractivity contribution in [2.24, 2.45) is 0 Å². The maximum Gasteiger partial charge on any atom is 0.256 e. The number of carbonyl (C=O) groups excluding carboxylic acids is 1. The van der Waals surface area contributed by atoms with Gasteiger partial charge in [0.25, 0.3) is 5.91 Å². The predicted octanol–water partition coefficient (Wildman–Crippen LogP) is 5.94. The molecule has 0 radical (unpaired) electrons. The first-order valence-electron chi connectivity index (χ1n) is 9.96. The molecule has 1 N–H and O–H groups in total. The summed E-state index contributed by atoms with van der Waals surface area (Å²) in [5, 5.41) is 3.32. The second kappa shape index (κ2) is 9.67. The van der Waals surface area contributed by atoms with Crippen LogP contribution < -0.4 is 19.5 Å². The van der Waals surface area contributed by atoms with E-state index in [-0.39, 0.29) is 5.91 Å². The Morgan fingerprint density at radius 1 is 0.909 bits per heavy atom. The Bertz CT molecular complexity index is 1300. The number of oxazole rings is 1. The molecule has 0 aliphatic rings. The molecule has 0 fully saturated rings. The molecule has 1 amide bonds. The highest BCUT2D eigenvalue weighted by molar-refractivity contribution is 6.31. The maximum absolute atomic E-state index is 13.1. The van der Waals surface area contributed by atoms with E-state index in [0.29, 0.717) is 56.3 Å². The second-order valence-electron chi connectivity index (χ2n) is 6.94. The second-order valence-corrected chi connectivity index (χ2v) is 7.38. The highest BCUT2D eigenvalue weighted by atomic mass is 35.5. The number of hydrogen-bond acceptors (Lipinski definition) is 6. The molecule has 4 aromatic rings. The Hall–Kier alpha value is -3.97. The summed E-state index contributed by atoms with van der Waals surface area (Å²) in [4.78, 5) is 17.5. The van der Waals surface area contributed by atoms with Gasteiger partial charge < -0.3 is 23.9 Å². The van der Waals surface area contributed by atoms with Crippen LogP contribution in [0.2, 0.25) is 5.02 Å². The summed E-state index contributed by atoms with van der Waals surface area (Å²) in [7, 11) is 4.68. The van der Waals surface area contributed by atoms with Crippen LogP contribution in [0.5, 0.6) is 17.2 Å². The fraction of sp³-hybridized carbons (Fsp3) is 0.120. The van der Waals surface area contributed by atoms with Gasteiger partial charge in [-0.05, 0) is 42.5 Å². The number of amides is 1. The lowest BCUT2D eigenvalue weighted by molar-refractivity contribution is 0.102. The smallest absolute Gasteiger partial charge is 0.256 e. The quantitative estimate of drug-likeness (QED) is 0.364. The molecule has 0 atom stereocenters. The summed E-state index contributed by atoms with van der Waals surface area (Å²) in [6, 6.07) is 17.4. The lowest BCUT2D eigenvalue weighted by Gasteiger charge is -2.12. The predicted molar refractivity (Wildman–Crippen MR) is 126 cm³/mol. The van der Waals surface area contributed by atoms with Crippen molar-refractivity contribution in [1.82, 2.24) is 4.98 Å². The van der Waals surface area contributed by atoms with Crippen LogP contribution in [0.1, 0.15) is 10.4 Å². The summed E-state index contributed by atoms with van der Waals surface area (Å²) in [6.45, 7) is 0. The van der Waals surface area contributed by atoms with Crippen molar-refractivity contribution >= 4 is 23.2 Å². The van der Waals surface area contributed by atoms with Crippen LogP contribution in [0.25, 0.3) is 22.8 Å². The van der Waals surface area contributed by atoms with Crippen LogP contribution >= 0.6 is 11.6 Å². The Balaban J connectivity index is 1.67. The van der Waals surface area contributed by atoms with Gasteiger partial charge in [-0.1, -0.05) is 23.7 Å². The zero-order valence-electron chi connectivity index (χ0n) is 18.2. The molecule has 4 rings (SSSR count). The molecule has 1 aromatic heterocycles. The number of ether oxygens (including phenoxy) is 3. The van der Waals surface area contributed by atoms with Gasteiger partial charge in [0.15, 0.2) is 5.76 Å². The number of aromatic nitrogens is 1. The summed E-state index contributed by atoms with van der Waals surface area (Å²) in [5.41, 5.74) is 2.09. The largest absolute Gasteiger partial charge is 0.497 e. The van der Waals surface area contributed by atoms with Gasteiger partial charge in [-0.15, -0.1) is 0 Å². The molecule has 0 unspecified atom stereocenters. The number of nitrogens with one attached hydrogen (secondary N) is 1. The minimum absolute atomic E-state index is 0.298. The lowest BCUT2D eigenvalue weighted by atomic mass is 10.1. The highest BCUT2D eigenvalue weighted by Gasteiger charge is 2.19. The molecular weight excluding hydrogens is 444 g/mol. The molecule has 33 heavy (non-hydrogen) atoms. The normalized spacial score (nSPS) is 10.5. The summed E-state index contributed by atoms with van der Waals surface area (Å²) in [5.74, 6) is 2.18. The Morgan fingerprint density at radius 3 is 2.45 bits per heavy atom. The third kappa shape index (κ3) is 4.63. The maximum atomic E-state index is 13.1. The van der Waals surface area contributed by atoms with Crippen LogP contribution in [0.15, 0.2) is 71.3 Å². The summed E-state index contributed by atoms with van der Waals surface area (Å²) >= 11 is 6.09. The molecular formula is C25H21ClN2O5. The van der Waals surface area contributed by atoms with E-state index in [1.54, 1.807) is 68.9 Å². The van der Waals surface area contributed by atoms with Crippen LogP contribution in [-0.4, -0.2) is 32.2 Å². The molecule has 0 saturated carbocycles. The topological polar surface area (TPSA) is 82.8 Å². The van der Waals surface area contributed by atoms with Crippen molar-refractivity contribution < 1.29 is 23.4 Å². The van der Waals surface area contributed by atoms with Crippen molar-refractivity contribution in [3.63, 3.8) is 0 Å². The minimum atomic E-state index is -0.354. The van der Waals surface area contributed by atoms with Gasteiger partial charge >= 0.3 is 0 Å². The Labute approximate surface area is 195 Å². The average Bonchev–Trinajstić information content (AvgIpc) is 3.33. The Morgan fingerprint density at radius 2 is 1.70 bits per heavy atom. The van der Waals surface area contributed by atoms with E-state index in [4.69, 9.17) is 30.2 Å². The average molecular weight is 465 g/mol. The number of hydrogen-bond donors (Lipinski definition) is 1. The van der Waals surface area contributed by atoms with Gasteiger partial charge in [-0.25, -0.2) is 4.98 Å². The summed E-state index contributed by atoms with van der Waals surface area (Å²) in [6.07, 6.45) is 1.59. The van der Waals surface area contributed by atoms with E-state index in [1.165, 1.54) is 7.11 Å². The standard InChI is InChI=1S/C25H21ClN2O5/c1-30-16-9-10-19(22(13-16)32-3)23-14-27-25(33-23)18-7-5-4-6-17(18)24(29)28-20-12-15(26)8-11-21(20)31-2/h4-14H,1-3H3,(H,28,29). The third-order valence-electron chi connectivity index (χ3n) is 4.99. The van der Waals surface area contributed by atoms with Gasteiger partial charge in [0.05, 0.1) is 44.3 Å². The van der Waals surface area contributed by atoms with Gasteiger partial charge in [-0.3, -0.25) is 4.79 Å². The molecule has 0 spiro atoms. The lowest BCUT2D eigenvalue weighted by Crippen LogP contribution is -2.14. The number of benzene rings is 3. The molecule has 8 heteroatoms. The van der Waals surface area contributed by atoms with Crippen molar-refractivity contribution in [3.8, 4) is 40.0 Å². The van der Waals surface area contributed by atoms with Crippen LogP contribution in [0.3, 0.4) is 0 Å². The van der Waals surface area contributed by atoms with E-state index in [2.05, 4.69) is 10.3 Å². The van der Waals surface area contributed by atoms with E-state index in [1.807, 2.05) is 12.1 Å². The molecule has 7 nitrogen and oxygen atoms in total. The summed E-state index contributed by atoms with van der Waals surface area (Å²) < 4.78 is 22.0. The van der Waals surface area contributed by atoms with E-state index in [0.717, 1.165) is 0 Å². The fourth-order valence-corrected chi connectivity index (χ4v) is 3.53. The van der Waals surface area contributed by atoms with Gasteiger partial charge in [0, 0.05) is 16.7 Å². The molecule has 168 valence electrons. The van der Waals surface area contributed by atoms with Gasteiger partial charge in [-0.2, -0.15) is 0 Å². The molecule has 0 saturated heterocycles. The number of anilines is 1. The Kier molecular flexibility index (Phi) is 6.51. The van der Waals surface area contributed by atoms with Crippen molar-refractivity contribution in [1.29, 1.82) is 0 Å². The SMILES string of the molecule is COc1ccc(-c2cnc(-c3ccccc3C(=O)Nc3cc(Cl)ccc3OC)o2)c(OC)c1. The molecule has 0 aliphatic heterocycles. The van der Waals surface area contributed by atoms with Crippen LogP contribution in [0.4, 0.5) is 5.69 Å². The fourth-order valence-electron chi connectivity index (χ4n) is 3.36. The van der Waals surface area contributed by atoms with Crippen molar-refractivity contribution in [3.05, 3.63) is 77.4 Å². The highest BCUT2D eigenvalue weighted by Crippen LogP contribution is 2.36. The first-order chi connectivity index (χ1) is 16.0. The van der Waals surface area contributed by atoms with Crippen LogP contribution in [-0.2, 0) is 0 Å². The minimum Gasteiger partial charge on any atom is -0.497 e. The monoisotopic (exact) mass is 464 g/mol. The molecule has 0 aliphatic carbocycles. The molecule has 3 aromatic carbocycles. The first kappa shape index (κ1) is 22.2. The van der Waals surface area contributed by atoms with Gasteiger partial charge in [0.1, 0.15) is 17.2 Å². The van der Waals surface area contributed by atoms with E-state index >= 15 is 0 Å². The number of nitrogens with zero attached hydrogens (tertiary/aromatic N) is 1. The zero-order valence-corrected chi connectivity index (χ0v) is 19.0. The molecule has 1 heterocycles. The van der Waals surface area contributed by atoms with E-state index in [9.17, 15) is 4.79 Å². The van der Waals surface area contributed by atoms with Crippen LogP contribution in [0, 0.1) is 0 Å². The third-order valence-corrected chi connectivity index (χ3v) is 5.23. The van der Waals surface area contributed by atoms with Crippen molar-refractivity contribution in [2.45, 2.75) is 0 Å².